The molecule has 2 aromatic rings. The summed E-state index contributed by atoms with van der Waals surface area (Å²) in [5, 5.41) is 0.669. The number of rotatable bonds is 1. The van der Waals surface area contributed by atoms with Gasteiger partial charge in [0.25, 0.3) is 0 Å². The lowest BCUT2D eigenvalue weighted by molar-refractivity contribution is 0.373. The van der Waals surface area contributed by atoms with Crippen LogP contribution in [0, 0.1) is 0 Å². The Hall–Kier alpha value is -1.80. The van der Waals surface area contributed by atoms with Gasteiger partial charge < -0.3 is 4.74 Å². The maximum atomic E-state index is 5.90. The molecule has 2 nitrogen and oxygen atoms in total. The first kappa shape index (κ1) is 10.4. The molecule has 0 aliphatic carbocycles. The van der Waals surface area contributed by atoms with Crippen LogP contribution in [0.4, 0.5) is 5.69 Å². The minimum atomic E-state index is 0.483. The highest BCUT2D eigenvalue weighted by atomic mass is 35.5. The molecule has 0 fully saturated rings. The van der Waals surface area contributed by atoms with Crippen molar-refractivity contribution in [3.63, 3.8) is 0 Å². The fraction of sp³-hybridized carbons (Fsp3) is 0.0714. The molecule has 3 rings (SSSR count). The van der Waals surface area contributed by atoms with E-state index in [2.05, 4.69) is 4.99 Å². The van der Waals surface area contributed by atoms with Crippen LogP contribution in [-0.2, 0) is 0 Å². The van der Waals surface area contributed by atoms with Crippen molar-refractivity contribution in [3.8, 4) is 5.75 Å². The van der Waals surface area contributed by atoms with E-state index in [1.807, 2.05) is 42.5 Å². The molecular weight excluding hydrogens is 234 g/mol. The van der Waals surface area contributed by atoms with E-state index in [0.29, 0.717) is 11.6 Å². The van der Waals surface area contributed by atoms with Crippen LogP contribution in [0.2, 0.25) is 5.02 Å². The maximum Gasteiger partial charge on any atom is 0.146 e. The third kappa shape index (κ3) is 2.04. The van der Waals surface area contributed by atoms with Gasteiger partial charge in [-0.15, -0.1) is 0 Å². The van der Waals surface area contributed by atoms with Gasteiger partial charge in [-0.2, -0.15) is 0 Å². The Morgan fingerprint density at radius 1 is 1.06 bits per heavy atom. The SMILES string of the molecule is Clc1ccc2c(c1)OCC(c1ccccc1)=N2. The summed E-state index contributed by atoms with van der Waals surface area (Å²) in [6.45, 7) is 0.483. The molecule has 1 heterocycles. The van der Waals surface area contributed by atoms with Crippen LogP contribution in [0.15, 0.2) is 53.5 Å². The molecule has 0 radical (unpaired) electrons. The van der Waals surface area contributed by atoms with Gasteiger partial charge in [-0.1, -0.05) is 41.9 Å². The number of fused-ring (bicyclic) bond motifs is 1. The summed E-state index contributed by atoms with van der Waals surface area (Å²) >= 11 is 5.90. The zero-order valence-electron chi connectivity index (χ0n) is 9.06. The average Bonchev–Trinajstić information content (AvgIpc) is 2.39. The fourth-order valence-corrected chi connectivity index (χ4v) is 1.96. The van der Waals surface area contributed by atoms with Crippen LogP contribution in [0.25, 0.3) is 0 Å². The van der Waals surface area contributed by atoms with Gasteiger partial charge in [-0.05, 0) is 17.7 Å². The first-order valence-corrected chi connectivity index (χ1v) is 5.76. The van der Waals surface area contributed by atoms with E-state index in [1.165, 1.54) is 0 Å². The number of halogens is 1. The topological polar surface area (TPSA) is 21.6 Å². The zero-order chi connectivity index (χ0) is 11.7. The quantitative estimate of drug-likeness (QED) is 0.746. The summed E-state index contributed by atoms with van der Waals surface area (Å²) in [5.74, 6) is 0.747. The summed E-state index contributed by atoms with van der Waals surface area (Å²) < 4.78 is 5.66. The van der Waals surface area contributed by atoms with Gasteiger partial charge in [0.05, 0.1) is 5.71 Å². The summed E-state index contributed by atoms with van der Waals surface area (Å²) in [5.41, 5.74) is 2.87. The van der Waals surface area contributed by atoms with Crippen LogP contribution in [-0.4, -0.2) is 12.3 Å². The first-order chi connectivity index (χ1) is 8.33. The summed E-state index contributed by atoms with van der Waals surface area (Å²) in [6, 6.07) is 15.5. The van der Waals surface area contributed by atoms with Crippen LogP contribution in [0.3, 0.4) is 0 Å². The Balaban J connectivity index is 2.03. The number of nitrogens with zero attached hydrogens (tertiary/aromatic N) is 1. The molecule has 0 amide bonds. The number of benzene rings is 2. The number of hydrogen-bond acceptors (Lipinski definition) is 2. The smallest absolute Gasteiger partial charge is 0.146 e. The molecule has 0 spiro atoms. The lowest BCUT2D eigenvalue weighted by Gasteiger charge is -2.17. The molecule has 0 N–H and O–H groups in total. The zero-order valence-corrected chi connectivity index (χ0v) is 9.82. The second-order valence-corrected chi connectivity index (χ2v) is 4.26. The molecule has 0 aromatic heterocycles. The molecule has 17 heavy (non-hydrogen) atoms. The molecule has 0 unspecified atom stereocenters. The third-order valence-electron chi connectivity index (χ3n) is 2.65. The minimum absolute atomic E-state index is 0.483. The molecular formula is C14H10ClNO. The predicted octanol–water partition coefficient (Wildman–Crippen LogP) is 3.85. The van der Waals surface area contributed by atoms with Crippen molar-refractivity contribution in [3.05, 3.63) is 59.1 Å². The van der Waals surface area contributed by atoms with Crippen molar-refractivity contribution >= 4 is 23.0 Å². The molecule has 3 heteroatoms. The second-order valence-electron chi connectivity index (χ2n) is 3.83. The number of aliphatic imine (C=N–C) groups is 1. The Bertz CT molecular complexity index is 578. The van der Waals surface area contributed by atoms with Crippen LogP contribution in [0.1, 0.15) is 5.56 Å². The molecule has 1 aliphatic rings. The van der Waals surface area contributed by atoms with Crippen LogP contribution >= 0.6 is 11.6 Å². The molecule has 0 saturated heterocycles. The van der Waals surface area contributed by atoms with E-state index < -0.39 is 0 Å². The first-order valence-electron chi connectivity index (χ1n) is 5.38. The summed E-state index contributed by atoms with van der Waals surface area (Å²) in [4.78, 5) is 4.59. The minimum Gasteiger partial charge on any atom is -0.485 e. The summed E-state index contributed by atoms with van der Waals surface area (Å²) in [7, 11) is 0. The van der Waals surface area contributed by atoms with Crippen LogP contribution in [0.5, 0.6) is 5.75 Å². The Kier molecular flexibility index (Phi) is 2.57. The van der Waals surface area contributed by atoms with Gasteiger partial charge in [0, 0.05) is 11.1 Å². The Labute approximate surface area is 105 Å². The van der Waals surface area contributed by atoms with Gasteiger partial charge in [0.15, 0.2) is 0 Å². The summed E-state index contributed by atoms with van der Waals surface area (Å²) in [6.07, 6.45) is 0. The molecule has 0 saturated carbocycles. The number of hydrogen-bond donors (Lipinski definition) is 0. The second kappa shape index (κ2) is 4.22. The van der Waals surface area contributed by atoms with E-state index >= 15 is 0 Å². The highest BCUT2D eigenvalue weighted by Crippen LogP contribution is 2.33. The maximum absolute atomic E-state index is 5.90. The van der Waals surface area contributed by atoms with E-state index in [9.17, 15) is 0 Å². The van der Waals surface area contributed by atoms with Gasteiger partial charge >= 0.3 is 0 Å². The Morgan fingerprint density at radius 2 is 1.88 bits per heavy atom. The normalized spacial score (nSPS) is 13.6. The van der Waals surface area contributed by atoms with Crippen molar-refractivity contribution in [2.45, 2.75) is 0 Å². The van der Waals surface area contributed by atoms with Crippen molar-refractivity contribution < 1.29 is 4.74 Å². The lowest BCUT2D eigenvalue weighted by atomic mass is 10.1. The monoisotopic (exact) mass is 243 g/mol. The van der Waals surface area contributed by atoms with E-state index in [4.69, 9.17) is 16.3 Å². The number of ether oxygens (including phenoxy) is 1. The van der Waals surface area contributed by atoms with Gasteiger partial charge in [-0.3, -0.25) is 0 Å². The fourth-order valence-electron chi connectivity index (χ4n) is 1.80. The van der Waals surface area contributed by atoms with Gasteiger partial charge in [0.2, 0.25) is 0 Å². The standard InChI is InChI=1S/C14H10ClNO/c15-11-6-7-12-14(8-11)17-9-13(16-12)10-4-2-1-3-5-10/h1-8H,9H2. The predicted molar refractivity (Wildman–Crippen MR) is 69.6 cm³/mol. The van der Waals surface area contributed by atoms with E-state index in [0.717, 1.165) is 22.7 Å². The highest BCUT2D eigenvalue weighted by molar-refractivity contribution is 6.30. The van der Waals surface area contributed by atoms with Crippen molar-refractivity contribution in [2.24, 2.45) is 4.99 Å². The molecule has 2 aromatic carbocycles. The van der Waals surface area contributed by atoms with Crippen molar-refractivity contribution in [1.29, 1.82) is 0 Å². The largest absolute Gasteiger partial charge is 0.485 e. The average molecular weight is 244 g/mol. The van der Waals surface area contributed by atoms with Gasteiger partial charge in [-0.25, -0.2) is 4.99 Å². The third-order valence-corrected chi connectivity index (χ3v) is 2.88. The lowest BCUT2D eigenvalue weighted by Crippen LogP contribution is -2.16. The molecule has 84 valence electrons. The van der Waals surface area contributed by atoms with Crippen molar-refractivity contribution in [2.75, 3.05) is 6.61 Å². The molecule has 1 aliphatic heterocycles. The van der Waals surface area contributed by atoms with E-state index in [1.54, 1.807) is 6.07 Å². The van der Waals surface area contributed by atoms with E-state index in [-0.39, 0.29) is 0 Å². The van der Waals surface area contributed by atoms with Crippen LogP contribution < -0.4 is 4.74 Å². The highest BCUT2D eigenvalue weighted by Gasteiger charge is 2.14. The molecule has 0 atom stereocenters. The molecule has 0 bridgehead atoms. The van der Waals surface area contributed by atoms with Gasteiger partial charge in [0.1, 0.15) is 18.0 Å². The Morgan fingerprint density at radius 3 is 2.71 bits per heavy atom. The van der Waals surface area contributed by atoms with Crippen molar-refractivity contribution in [1.82, 2.24) is 0 Å².